The Balaban J connectivity index is 1.90. The van der Waals surface area contributed by atoms with Gasteiger partial charge in [-0.1, -0.05) is 67.1 Å². The molecule has 0 radical (unpaired) electrons. The molecule has 2 aromatic carbocycles. The van der Waals surface area contributed by atoms with Gasteiger partial charge in [-0.2, -0.15) is 15.0 Å². The summed E-state index contributed by atoms with van der Waals surface area (Å²) in [6, 6.07) is 18.4. The summed E-state index contributed by atoms with van der Waals surface area (Å²) in [4.78, 5) is 1.73. The Labute approximate surface area is 153 Å². The first-order chi connectivity index (χ1) is 12.2. The quantitative estimate of drug-likeness (QED) is 0.677. The highest BCUT2D eigenvalue weighted by atomic mass is 35.5. The van der Waals surface area contributed by atoms with Gasteiger partial charge in [-0.3, -0.25) is 0 Å². The van der Waals surface area contributed by atoms with Gasteiger partial charge in [-0.15, -0.1) is 0 Å². The molecule has 5 heteroatoms. The van der Waals surface area contributed by atoms with Crippen molar-refractivity contribution < 1.29 is 0 Å². The lowest BCUT2D eigenvalue weighted by molar-refractivity contribution is 0.520. The second kappa shape index (κ2) is 8.28. The van der Waals surface area contributed by atoms with Crippen LogP contribution in [0.1, 0.15) is 31.5 Å². The van der Waals surface area contributed by atoms with Gasteiger partial charge < -0.3 is 5.32 Å². The number of halogens is 1. The molecule has 0 unspecified atom stereocenters. The number of hydrogen-bond donors (Lipinski definition) is 1. The predicted molar refractivity (Wildman–Crippen MR) is 103 cm³/mol. The summed E-state index contributed by atoms with van der Waals surface area (Å²) in [6.45, 7) is 5.60. The van der Waals surface area contributed by atoms with E-state index in [1.165, 1.54) is 0 Å². The van der Waals surface area contributed by atoms with Gasteiger partial charge >= 0.3 is 0 Å². The molecule has 0 saturated carbocycles. The summed E-state index contributed by atoms with van der Waals surface area (Å²) in [7, 11) is 0. The van der Waals surface area contributed by atoms with Crippen molar-refractivity contribution in [1.82, 2.24) is 20.3 Å². The molecule has 25 heavy (non-hydrogen) atoms. The molecular formula is C20H23ClN4. The van der Waals surface area contributed by atoms with Crippen LogP contribution < -0.4 is 5.32 Å². The molecule has 3 rings (SSSR count). The zero-order valence-corrected chi connectivity index (χ0v) is 15.4. The van der Waals surface area contributed by atoms with Gasteiger partial charge in [0.1, 0.15) is 11.4 Å². The molecule has 0 aliphatic carbocycles. The first-order valence-corrected chi connectivity index (χ1v) is 9.01. The van der Waals surface area contributed by atoms with E-state index in [-0.39, 0.29) is 0 Å². The highest BCUT2D eigenvalue weighted by molar-refractivity contribution is 6.31. The summed E-state index contributed by atoms with van der Waals surface area (Å²) >= 11 is 6.28. The van der Waals surface area contributed by atoms with E-state index in [2.05, 4.69) is 31.3 Å². The van der Waals surface area contributed by atoms with Gasteiger partial charge in [0.15, 0.2) is 0 Å². The zero-order chi connectivity index (χ0) is 17.6. The third kappa shape index (κ3) is 4.47. The van der Waals surface area contributed by atoms with Crippen LogP contribution in [0.2, 0.25) is 5.02 Å². The number of benzene rings is 2. The number of nitrogens with one attached hydrogen (secondary N) is 1. The molecule has 0 bridgehead atoms. The van der Waals surface area contributed by atoms with Crippen LogP contribution in [-0.2, 0) is 13.1 Å². The van der Waals surface area contributed by atoms with Crippen LogP contribution in [0.25, 0.3) is 11.3 Å². The maximum Gasteiger partial charge on any atom is 0.117 e. The molecule has 1 atom stereocenters. The number of nitrogens with zero attached hydrogens (tertiary/aromatic N) is 3. The molecule has 0 saturated heterocycles. The summed E-state index contributed by atoms with van der Waals surface area (Å²) in [6.07, 6.45) is 1.08. The summed E-state index contributed by atoms with van der Waals surface area (Å²) in [5, 5.41) is 13.7. The topological polar surface area (TPSA) is 42.7 Å². The monoisotopic (exact) mass is 354 g/mol. The number of hydrogen-bond acceptors (Lipinski definition) is 3. The van der Waals surface area contributed by atoms with Crippen LogP contribution >= 0.6 is 11.6 Å². The average molecular weight is 355 g/mol. The lowest BCUT2D eigenvalue weighted by atomic mass is 10.1. The van der Waals surface area contributed by atoms with Gasteiger partial charge in [0.25, 0.3) is 0 Å². The zero-order valence-electron chi connectivity index (χ0n) is 14.6. The Morgan fingerprint density at radius 1 is 1.04 bits per heavy atom. The molecule has 0 aliphatic heterocycles. The van der Waals surface area contributed by atoms with Gasteiger partial charge in [-0.05, 0) is 25.0 Å². The van der Waals surface area contributed by atoms with Crippen molar-refractivity contribution in [2.45, 2.75) is 39.4 Å². The third-order valence-electron chi connectivity index (χ3n) is 4.27. The minimum Gasteiger partial charge on any atom is -0.309 e. The summed E-state index contributed by atoms with van der Waals surface area (Å²) < 4.78 is 0. The molecule has 1 N–H and O–H groups in total. The second-order valence-electron chi connectivity index (χ2n) is 6.17. The van der Waals surface area contributed by atoms with Crippen molar-refractivity contribution in [3.63, 3.8) is 0 Å². The van der Waals surface area contributed by atoms with Crippen LogP contribution in [0.5, 0.6) is 0 Å². The Kier molecular flexibility index (Phi) is 5.84. The molecule has 0 fully saturated rings. The lowest BCUT2D eigenvalue weighted by Crippen LogP contribution is -2.25. The number of aromatic nitrogens is 3. The van der Waals surface area contributed by atoms with Gasteiger partial charge in [-0.25, -0.2) is 0 Å². The molecule has 1 aromatic heterocycles. The first kappa shape index (κ1) is 17.6. The molecule has 130 valence electrons. The second-order valence-corrected chi connectivity index (χ2v) is 6.58. The third-order valence-corrected chi connectivity index (χ3v) is 4.64. The average Bonchev–Trinajstić information content (AvgIpc) is 3.05. The summed E-state index contributed by atoms with van der Waals surface area (Å²) in [5.74, 6) is 0. The SMILES string of the molecule is CC[C@H](C)NCc1nn(Cc2ccccc2Cl)nc1-c1ccccc1. The molecular weight excluding hydrogens is 332 g/mol. The Bertz CT molecular complexity index is 814. The Morgan fingerprint density at radius 2 is 1.76 bits per heavy atom. The fraction of sp³-hybridized carbons (Fsp3) is 0.300. The maximum atomic E-state index is 6.28. The largest absolute Gasteiger partial charge is 0.309 e. The molecule has 0 spiro atoms. The van der Waals surface area contributed by atoms with Gasteiger partial charge in [0.05, 0.1) is 6.54 Å². The predicted octanol–water partition coefficient (Wildman–Crippen LogP) is 4.53. The van der Waals surface area contributed by atoms with Gasteiger partial charge in [0, 0.05) is 23.2 Å². The molecule has 0 aliphatic rings. The van der Waals surface area contributed by atoms with E-state index >= 15 is 0 Å². The van der Waals surface area contributed by atoms with Crippen LogP contribution in [0.3, 0.4) is 0 Å². The standard InChI is InChI=1S/C20H23ClN4/c1-3-15(2)22-13-19-20(16-9-5-4-6-10-16)24-25(23-19)14-17-11-7-8-12-18(17)21/h4-12,15,22H,3,13-14H2,1-2H3/t15-/m0/s1. The van der Waals surface area contributed by atoms with E-state index in [0.717, 1.165) is 34.0 Å². The van der Waals surface area contributed by atoms with E-state index in [0.29, 0.717) is 19.1 Å². The molecule has 1 heterocycles. The molecule has 4 nitrogen and oxygen atoms in total. The number of rotatable bonds is 7. The molecule has 0 amide bonds. The van der Waals surface area contributed by atoms with Crippen molar-refractivity contribution >= 4 is 11.6 Å². The van der Waals surface area contributed by atoms with Crippen molar-refractivity contribution in [1.29, 1.82) is 0 Å². The highest BCUT2D eigenvalue weighted by Gasteiger charge is 2.14. The first-order valence-electron chi connectivity index (χ1n) is 8.63. The maximum absolute atomic E-state index is 6.28. The van der Waals surface area contributed by atoms with Crippen molar-refractivity contribution in [2.24, 2.45) is 0 Å². The fourth-order valence-electron chi connectivity index (χ4n) is 2.59. The van der Waals surface area contributed by atoms with Crippen molar-refractivity contribution in [3.8, 4) is 11.3 Å². The molecule has 3 aromatic rings. The van der Waals surface area contributed by atoms with E-state index in [4.69, 9.17) is 21.8 Å². The van der Waals surface area contributed by atoms with Crippen LogP contribution in [0, 0.1) is 0 Å². The van der Waals surface area contributed by atoms with E-state index in [1.807, 2.05) is 42.5 Å². The van der Waals surface area contributed by atoms with Crippen LogP contribution in [0.15, 0.2) is 54.6 Å². The smallest absolute Gasteiger partial charge is 0.117 e. The van der Waals surface area contributed by atoms with E-state index in [1.54, 1.807) is 4.80 Å². The minimum atomic E-state index is 0.442. The lowest BCUT2D eigenvalue weighted by Gasteiger charge is -2.10. The fourth-order valence-corrected chi connectivity index (χ4v) is 2.78. The van der Waals surface area contributed by atoms with Crippen molar-refractivity contribution in [2.75, 3.05) is 0 Å². The van der Waals surface area contributed by atoms with Crippen LogP contribution in [0.4, 0.5) is 0 Å². The summed E-state index contributed by atoms with van der Waals surface area (Å²) in [5.41, 5.74) is 3.97. The Hall–Kier alpha value is -2.17. The Morgan fingerprint density at radius 3 is 2.48 bits per heavy atom. The highest BCUT2D eigenvalue weighted by Crippen LogP contribution is 2.21. The normalized spacial score (nSPS) is 12.3. The van der Waals surface area contributed by atoms with E-state index < -0.39 is 0 Å². The van der Waals surface area contributed by atoms with Crippen LogP contribution in [-0.4, -0.2) is 21.0 Å². The van der Waals surface area contributed by atoms with Crippen molar-refractivity contribution in [3.05, 3.63) is 70.9 Å². The van der Waals surface area contributed by atoms with E-state index in [9.17, 15) is 0 Å². The van der Waals surface area contributed by atoms with Gasteiger partial charge in [0.2, 0.25) is 0 Å². The minimum absolute atomic E-state index is 0.442.